The number of nitrogens with zero attached hydrogens (tertiary/aromatic N) is 1. The normalized spacial score (nSPS) is 19.1. The summed E-state index contributed by atoms with van der Waals surface area (Å²) in [6.07, 6.45) is 3.31. The lowest BCUT2D eigenvalue weighted by atomic mass is 9.96. The minimum absolute atomic E-state index is 0.464. The quantitative estimate of drug-likeness (QED) is 0.602. The van der Waals surface area contributed by atoms with Gasteiger partial charge in [0.1, 0.15) is 5.54 Å². The van der Waals surface area contributed by atoms with Crippen LogP contribution in [-0.2, 0) is 9.47 Å². The molecule has 0 spiro atoms. The van der Waals surface area contributed by atoms with Crippen LogP contribution in [0.3, 0.4) is 0 Å². The van der Waals surface area contributed by atoms with E-state index in [0.717, 1.165) is 25.8 Å². The Kier molecular flexibility index (Phi) is 5.75. The molecular weight excluding hydrogens is 204 g/mol. The molecule has 0 bridgehead atoms. The maximum atomic E-state index is 9.35. The molecule has 1 aliphatic carbocycles. The molecule has 4 nitrogen and oxygen atoms in total. The van der Waals surface area contributed by atoms with Crippen LogP contribution in [0, 0.1) is 17.2 Å². The fraction of sp³-hybridized carbons (Fsp3) is 0.917. The number of nitrogens with one attached hydrogen (secondary N) is 1. The number of hydrogen-bond donors (Lipinski definition) is 1. The van der Waals surface area contributed by atoms with Gasteiger partial charge in [0.25, 0.3) is 0 Å². The van der Waals surface area contributed by atoms with Gasteiger partial charge in [-0.1, -0.05) is 6.92 Å². The second-order valence-corrected chi connectivity index (χ2v) is 4.33. The Bertz CT molecular complexity index is 236. The minimum Gasteiger partial charge on any atom is -0.382 e. The SMILES string of the molecule is CCCNC(C#N)(COCCOC)C1CC1. The molecule has 0 aromatic carbocycles. The van der Waals surface area contributed by atoms with Crippen LogP contribution in [0.25, 0.3) is 0 Å². The lowest BCUT2D eigenvalue weighted by Crippen LogP contribution is -2.50. The summed E-state index contributed by atoms with van der Waals surface area (Å²) >= 11 is 0. The molecule has 0 heterocycles. The first-order valence-electron chi connectivity index (χ1n) is 6.02. The van der Waals surface area contributed by atoms with Crippen LogP contribution in [0.2, 0.25) is 0 Å². The summed E-state index contributed by atoms with van der Waals surface area (Å²) in [7, 11) is 1.65. The molecule has 4 heteroatoms. The van der Waals surface area contributed by atoms with E-state index in [1.165, 1.54) is 0 Å². The summed E-state index contributed by atoms with van der Waals surface area (Å²) in [5.41, 5.74) is -0.469. The van der Waals surface area contributed by atoms with Gasteiger partial charge in [-0.05, 0) is 31.7 Å². The average molecular weight is 226 g/mol. The van der Waals surface area contributed by atoms with Gasteiger partial charge >= 0.3 is 0 Å². The third kappa shape index (κ3) is 3.75. The Balaban J connectivity index is 2.39. The van der Waals surface area contributed by atoms with Crippen molar-refractivity contribution < 1.29 is 9.47 Å². The molecule has 0 amide bonds. The first kappa shape index (κ1) is 13.4. The maximum absolute atomic E-state index is 9.35. The van der Waals surface area contributed by atoms with Crippen molar-refractivity contribution in [1.82, 2.24) is 5.32 Å². The topological polar surface area (TPSA) is 54.3 Å². The van der Waals surface area contributed by atoms with Crippen LogP contribution in [0.1, 0.15) is 26.2 Å². The second kappa shape index (κ2) is 6.85. The van der Waals surface area contributed by atoms with E-state index < -0.39 is 5.54 Å². The van der Waals surface area contributed by atoms with Crippen LogP contribution < -0.4 is 5.32 Å². The number of methoxy groups -OCH3 is 1. The van der Waals surface area contributed by atoms with Gasteiger partial charge in [0.2, 0.25) is 0 Å². The van der Waals surface area contributed by atoms with Gasteiger partial charge < -0.3 is 9.47 Å². The van der Waals surface area contributed by atoms with Crippen molar-refractivity contribution in [1.29, 1.82) is 5.26 Å². The highest BCUT2D eigenvalue weighted by Crippen LogP contribution is 2.39. The van der Waals surface area contributed by atoms with E-state index in [1.54, 1.807) is 7.11 Å². The van der Waals surface area contributed by atoms with Crippen molar-refractivity contribution in [2.24, 2.45) is 5.92 Å². The van der Waals surface area contributed by atoms with E-state index in [2.05, 4.69) is 18.3 Å². The Morgan fingerprint density at radius 2 is 2.19 bits per heavy atom. The van der Waals surface area contributed by atoms with Crippen LogP contribution in [0.5, 0.6) is 0 Å². The molecule has 0 saturated heterocycles. The summed E-state index contributed by atoms with van der Waals surface area (Å²) < 4.78 is 10.4. The van der Waals surface area contributed by atoms with Crippen LogP contribution >= 0.6 is 0 Å². The van der Waals surface area contributed by atoms with Crippen LogP contribution in [-0.4, -0.2) is 39.0 Å². The average Bonchev–Trinajstić information content (AvgIpc) is 3.13. The summed E-state index contributed by atoms with van der Waals surface area (Å²) in [4.78, 5) is 0. The summed E-state index contributed by atoms with van der Waals surface area (Å²) in [5.74, 6) is 0.464. The Hall–Kier alpha value is -0.630. The molecule has 1 saturated carbocycles. The summed E-state index contributed by atoms with van der Waals surface area (Å²) in [5, 5.41) is 12.7. The zero-order valence-electron chi connectivity index (χ0n) is 10.3. The van der Waals surface area contributed by atoms with Gasteiger partial charge in [-0.2, -0.15) is 5.26 Å². The molecule has 0 aromatic rings. The molecular formula is C12H22N2O2. The van der Waals surface area contributed by atoms with Crippen molar-refractivity contribution >= 4 is 0 Å². The van der Waals surface area contributed by atoms with Crippen LogP contribution in [0.4, 0.5) is 0 Å². The maximum Gasteiger partial charge on any atom is 0.133 e. The fourth-order valence-electron chi connectivity index (χ4n) is 1.78. The van der Waals surface area contributed by atoms with Crippen molar-refractivity contribution in [3.63, 3.8) is 0 Å². The van der Waals surface area contributed by atoms with E-state index in [-0.39, 0.29) is 0 Å². The third-order valence-corrected chi connectivity index (χ3v) is 2.93. The molecule has 1 rings (SSSR count). The molecule has 1 fully saturated rings. The highest BCUT2D eigenvalue weighted by Gasteiger charge is 2.45. The number of rotatable bonds is 9. The number of hydrogen-bond acceptors (Lipinski definition) is 4. The van der Waals surface area contributed by atoms with E-state index in [0.29, 0.717) is 25.7 Å². The Morgan fingerprint density at radius 3 is 2.69 bits per heavy atom. The number of nitriles is 1. The second-order valence-electron chi connectivity index (χ2n) is 4.33. The highest BCUT2D eigenvalue weighted by atomic mass is 16.5. The first-order valence-corrected chi connectivity index (χ1v) is 6.02. The van der Waals surface area contributed by atoms with Crippen LogP contribution in [0.15, 0.2) is 0 Å². The van der Waals surface area contributed by atoms with Gasteiger partial charge in [0, 0.05) is 7.11 Å². The Morgan fingerprint density at radius 1 is 1.44 bits per heavy atom. The van der Waals surface area contributed by atoms with Gasteiger partial charge in [0.15, 0.2) is 0 Å². The molecule has 16 heavy (non-hydrogen) atoms. The molecule has 1 unspecified atom stereocenters. The lowest BCUT2D eigenvalue weighted by Gasteiger charge is -2.27. The molecule has 1 atom stereocenters. The number of ether oxygens (including phenoxy) is 2. The molecule has 0 radical (unpaired) electrons. The first-order chi connectivity index (χ1) is 7.79. The molecule has 0 aliphatic heterocycles. The largest absolute Gasteiger partial charge is 0.382 e. The van der Waals surface area contributed by atoms with Gasteiger partial charge in [-0.25, -0.2) is 0 Å². The minimum atomic E-state index is -0.469. The third-order valence-electron chi connectivity index (χ3n) is 2.93. The van der Waals surface area contributed by atoms with E-state index in [4.69, 9.17) is 9.47 Å². The monoisotopic (exact) mass is 226 g/mol. The molecule has 92 valence electrons. The smallest absolute Gasteiger partial charge is 0.133 e. The van der Waals surface area contributed by atoms with Crippen molar-refractivity contribution in [3.05, 3.63) is 0 Å². The zero-order valence-corrected chi connectivity index (χ0v) is 10.3. The highest BCUT2D eigenvalue weighted by molar-refractivity contribution is 5.15. The van der Waals surface area contributed by atoms with Crippen molar-refractivity contribution in [3.8, 4) is 6.07 Å². The summed E-state index contributed by atoms with van der Waals surface area (Å²) in [6, 6.07) is 2.41. The standard InChI is InChI=1S/C12H22N2O2/c1-3-6-14-12(9-13,11-4-5-11)10-16-8-7-15-2/h11,14H,3-8,10H2,1-2H3. The zero-order chi connectivity index (χ0) is 11.9. The van der Waals surface area contributed by atoms with Gasteiger partial charge in [-0.3, -0.25) is 5.32 Å². The van der Waals surface area contributed by atoms with E-state index in [9.17, 15) is 5.26 Å². The predicted molar refractivity (Wildman–Crippen MR) is 62.1 cm³/mol. The van der Waals surface area contributed by atoms with E-state index >= 15 is 0 Å². The predicted octanol–water partition coefficient (Wildman–Crippen LogP) is 1.32. The molecule has 1 N–H and O–H groups in total. The fourth-order valence-corrected chi connectivity index (χ4v) is 1.78. The lowest BCUT2D eigenvalue weighted by molar-refractivity contribution is 0.0410. The molecule has 0 aromatic heterocycles. The van der Waals surface area contributed by atoms with Crippen molar-refractivity contribution in [2.75, 3.05) is 33.5 Å². The molecule has 1 aliphatic rings. The van der Waals surface area contributed by atoms with Crippen molar-refractivity contribution in [2.45, 2.75) is 31.7 Å². The van der Waals surface area contributed by atoms with Gasteiger partial charge in [0.05, 0.1) is 25.9 Å². The van der Waals surface area contributed by atoms with Gasteiger partial charge in [-0.15, -0.1) is 0 Å². The Labute approximate surface area is 97.9 Å². The summed E-state index contributed by atoms with van der Waals surface area (Å²) in [6.45, 7) is 4.59. The van der Waals surface area contributed by atoms with E-state index in [1.807, 2.05) is 0 Å².